The number of hydrogen-bond acceptors (Lipinski definition) is 3. The molecule has 1 aromatic carbocycles. The summed E-state index contributed by atoms with van der Waals surface area (Å²) in [6.07, 6.45) is -1.10. The van der Waals surface area contributed by atoms with Gasteiger partial charge in [0, 0.05) is 5.75 Å². The molecule has 0 saturated heterocycles. The van der Waals surface area contributed by atoms with Crippen molar-refractivity contribution >= 4 is 48.4 Å². The van der Waals surface area contributed by atoms with E-state index in [9.17, 15) is 13.5 Å². The van der Waals surface area contributed by atoms with Crippen LogP contribution in [0.5, 0.6) is 0 Å². The SMILES string of the molecule is CCS(=O)(=O)[C@](Br)(I)[C@H](O)c1ccc(C)cc1. The molecule has 0 heterocycles. The van der Waals surface area contributed by atoms with Gasteiger partial charge in [0.1, 0.15) is 6.10 Å². The summed E-state index contributed by atoms with van der Waals surface area (Å²) in [6, 6.07) is 7.16. The highest BCUT2D eigenvalue weighted by molar-refractivity contribution is 14.1. The zero-order chi connectivity index (χ0) is 13.3. The van der Waals surface area contributed by atoms with Crippen molar-refractivity contribution in [2.24, 2.45) is 0 Å². The van der Waals surface area contributed by atoms with Crippen LogP contribution in [0.15, 0.2) is 24.3 Å². The Morgan fingerprint density at radius 1 is 1.41 bits per heavy atom. The Kier molecular flexibility index (Phi) is 5.02. The molecule has 17 heavy (non-hydrogen) atoms. The van der Waals surface area contributed by atoms with E-state index in [0.29, 0.717) is 5.56 Å². The fourth-order valence-electron chi connectivity index (χ4n) is 1.31. The number of halogens is 2. The molecule has 1 aromatic rings. The molecular weight excluding hydrogens is 419 g/mol. The Morgan fingerprint density at radius 2 is 1.88 bits per heavy atom. The summed E-state index contributed by atoms with van der Waals surface area (Å²) >= 11 is 4.87. The van der Waals surface area contributed by atoms with Gasteiger partial charge in [0.15, 0.2) is 9.84 Å². The zero-order valence-electron chi connectivity index (χ0n) is 9.52. The fourth-order valence-corrected chi connectivity index (χ4v) is 4.41. The van der Waals surface area contributed by atoms with Crippen molar-refractivity contribution in [3.63, 3.8) is 0 Å². The Hall–Kier alpha value is 0.340. The van der Waals surface area contributed by atoms with Gasteiger partial charge in [0.25, 0.3) is 0 Å². The Labute approximate surface area is 124 Å². The molecule has 0 amide bonds. The van der Waals surface area contributed by atoms with Crippen LogP contribution in [0.4, 0.5) is 0 Å². The second kappa shape index (κ2) is 5.54. The molecule has 1 N–H and O–H groups in total. The van der Waals surface area contributed by atoms with Gasteiger partial charge in [-0.25, -0.2) is 8.42 Å². The summed E-state index contributed by atoms with van der Waals surface area (Å²) in [5, 5.41) is 10.2. The third kappa shape index (κ3) is 3.21. The van der Waals surface area contributed by atoms with E-state index >= 15 is 0 Å². The third-order valence-corrected chi connectivity index (χ3v) is 8.84. The van der Waals surface area contributed by atoms with Crippen molar-refractivity contribution in [3.05, 3.63) is 35.4 Å². The molecule has 0 aromatic heterocycles. The van der Waals surface area contributed by atoms with Crippen LogP contribution < -0.4 is 0 Å². The lowest BCUT2D eigenvalue weighted by Gasteiger charge is -2.26. The topological polar surface area (TPSA) is 54.4 Å². The molecular formula is C11H14BrIO3S. The van der Waals surface area contributed by atoms with Gasteiger partial charge in [-0.1, -0.05) is 52.7 Å². The molecule has 0 fully saturated rings. The smallest absolute Gasteiger partial charge is 0.207 e. The molecule has 0 saturated carbocycles. The average Bonchev–Trinajstić information content (AvgIpc) is 2.28. The number of rotatable bonds is 4. The normalized spacial score (nSPS) is 17.5. The van der Waals surface area contributed by atoms with Gasteiger partial charge in [0.2, 0.25) is 1.66 Å². The second-order valence-electron chi connectivity index (χ2n) is 3.78. The van der Waals surface area contributed by atoms with Crippen LogP contribution in [0.25, 0.3) is 0 Å². The van der Waals surface area contributed by atoms with E-state index in [1.165, 1.54) is 0 Å². The number of aryl methyl sites for hydroxylation is 1. The summed E-state index contributed by atoms with van der Waals surface area (Å²) < 4.78 is 22.4. The molecule has 0 bridgehead atoms. The van der Waals surface area contributed by atoms with E-state index in [0.717, 1.165) is 5.56 Å². The number of sulfone groups is 1. The maximum atomic E-state index is 11.9. The number of aliphatic hydroxyl groups excluding tert-OH is 1. The fraction of sp³-hybridized carbons (Fsp3) is 0.455. The molecule has 0 aliphatic rings. The molecule has 2 atom stereocenters. The number of hydrogen-bond donors (Lipinski definition) is 1. The molecule has 1 rings (SSSR count). The summed E-state index contributed by atoms with van der Waals surface area (Å²) in [7, 11) is -3.40. The monoisotopic (exact) mass is 432 g/mol. The lowest BCUT2D eigenvalue weighted by atomic mass is 10.1. The van der Waals surface area contributed by atoms with Crippen LogP contribution in [0.3, 0.4) is 0 Å². The average molecular weight is 433 g/mol. The van der Waals surface area contributed by atoms with Crippen molar-refractivity contribution in [2.45, 2.75) is 21.6 Å². The molecule has 0 aliphatic carbocycles. The van der Waals surface area contributed by atoms with Gasteiger partial charge in [-0.3, -0.25) is 0 Å². The van der Waals surface area contributed by atoms with E-state index in [1.807, 2.05) is 19.1 Å². The van der Waals surface area contributed by atoms with E-state index < -0.39 is 17.6 Å². The van der Waals surface area contributed by atoms with Gasteiger partial charge in [-0.15, -0.1) is 0 Å². The van der Waals surface area contributed by atoms with Gasteiger partial charge in [0.05, 0.1) is 0 Å². The van der Waals surface area contributed by atoms with Crippen molar-refractivity contribution in [3.8, 4) is 0 Å². The van der Waals surface area contributed by atoms with Gasteiger partial charge >= 0.3 is 0 Å². The number of alkyl halides is 2. The lowest BCUT2D eigenvalue weighted by molar-refractivity contribution is 0.191. The van der Waals surface area contributed by atoms with Crippen LogP contribution in [0.1, 0.15) is 24.2 Å². The quantitative estimate of drug-likeness (QED) is 0.587. The van der Waals surface area contributed by atoms with Gasteiger partial charge in [-0.2, -0.15) is 0 Å². The number of aliphatic hydroxyl groups is 1. The van der Waals surface area contributed by atoms with Gasteiger partial charge in [-0.05, 0) is 35.1 Å². The van der Waals surface area contributed by atoms with Crippen LogP contribution in [0.2, 0.25) is 0 Å². The van der Waals surface area contributed by atoms with Crippen molar-refractivity contribution < 1.29 is 13.5 Å². The lowest BCUT2D eigenvalue weighted by Crippen LogP contribution is -2.33. The number of benzene rings is 1. The van der Waals surface area contributed by atoms with E-state index in [-0.39, 0.29) is 5.75 Å². The largest absolute Gasteiger partial charge is 0.385 e. The van der Waals surface area contributed by atoms with Gasteiger partial charge < -0.3 is 5.11 Å². The minimum absolute atomic E-state index is 0.0237. The highest BCUT2D eigenvalue weighted by Crippen LogP contribution is 2.45. The van der Waals surface area contributed by atoms with Crippen molar-refractivity contribution in [2.75, 3.05) is 5.75 Å². The van der Waals surface area contributed by atoms with E-state index in [4.69, 9.17) is 0 Å². The highest BCUT2D eigenvalue weighted by Gasteiger charge is 2.44. The summed E-state index contributed by atoms with van der Waals surface area (Å²) in [6.45, 7) is 3.50. The molecule has 0 unspecified atom stereocenters. The molecule has 96 valence electrons. The highest BCUT2D eigenvalue weighted by atomic mass is 127. The first-order valence-electron chi connectivity index (χ1n) is 5.07. The molecule has 0 aliphatic heterocycles. The predicted molar refractivity (Wildman–Crippen MR) is 81.3 cm³/mol. The summed E-state index contributed by atoms with van der Waals surface area (Å²) in [4.78, 5) is 0. The Bertz CT molecular complexity index is 482. The van der Waals surface area contributed by atoms with E-state index in [1.54, 1.807) is 41.6 Å². The first-order valence-corrected chi connectivity index (χ1v) is 8.59. The minimum Gasteiger partial charge on any atom is -0.385 e. The first-order chi connectivity index (χ1) is 7.72. The maximum Gasteiger partial charge on any atom is 0.207 e. The van der Waals surface area contributed by atoms with E-state index in [2.05, 4.69) is 15.9 Å². The van der Waals surface area contributed by atoms with Crippen LogP contribution >= 0.6 is 38.5 Å². The first kappa shape index (κ1) is 15.4. The standard InChI is InChI=1S/C11H14BrIO3S/c1-3-17(15,16)11(12,13)10(14)9-6-4-8(2)5-7-9/h4-7,10,14H,3H2,1-2H3/t10-,11-/m1/s1. The zero-order valence-corrected chi connectivity index (χ0v) is 14.1. The molecule has 3 nitrogen and oxygen atoms in total. The minimum atomic E-state index is -3.40. The summed E-state index contributed by atoms with van der Waals surface area (Å²) in [5.74, 6) is -0.0237. The van der Waals surface area contributed by atoms with Crippen LogP contribution in [-0.2, 0) is 9.84 Å². The molecule has 0 radical (unpaired) electrons. The summed E-state index contributed by atoms with van der Waals surface area (Å²) in [5.41, 5.74) is 1.65. The molecule has 0 spiro atoms. The second-order valence-corrected chi connectivity index (χ2v) is 11.9. The Morgan fingerprint density at radius 3 is 2.29 bits per heavy atom. The van der Waals surface area contributed by atoms with Crippen LogP contribution in [-0.4, -0.2) is 20.9 Å². The van der Waals surface area contributed by atoms with Crippen molar-refractivity contribution in [1.29, 1.82) is 0 Å². The molecule has 6 heteroatoms. The Balaban J connectivity index is 3.12. The van der Waals surface area contributed by atoms with Crippen LogP contribution in [0, 0.1) is 6.92 Å². The van der Waals surface area contributed by atoms with Crippen molar-refractivity contribution in [1.82, 2.24) is 0 Å². The maximum absolute atomic E-state index is 11.9. The third-order valence-electron chi connectivity index (χ3n) is 2.51. The predicted octanol–water partition coefficient (Wildman–Crippen LogP) is 2.95.